The Morgan fingerprint density at radius 1 is 0.280 bits per heavy atom. The molecule has 0 bridgehead atoms. The number of rotatable bonds is 80. The van der Waals surface area contributed by atoms with Crippen LogP contribution < -0.4 is 0 Å². The van der Waals surface area contributed by atoms with Gasteiger partial charge in [0.25, 0.3) is 0 Å². The van der Waals surface area contributed by atoms with Gasteiger partial charge in [0.15, 0.2) is 12.2 Å². The normalized spacial score (nSPS) is 14.4. The summed E-state index contributed by atoms with van der Waals surface area (Å²) in [7, 11) is -9.92. The Bertz CT molecular complexity index is 1930. The van der Waals surface area contributed by atoms with Gasteiger partial charge in [0.2, 0.25) is 0 Å². The van der Waals surface area contributed by atoms with E-state index in [2.05, 4.69) is 41.5 Å². The Morgan fingerprint density at radius 3 is 0.710 bits per heavy atom. The first kappa shape index (κ1) is 98.1. The van der Waals surface area contributed by atoms with Crippen LogP contribution in [-0.4, -0.2) is 96.7 Å². The molecule has 17 nitrogen and oxygen atoms in total. The zero-order valence-electron chi connectivity index (χ0n) is 65.5. The van der Waals surface area contributed by atoms with Crippen LogP contribution in [0.4, 0.5) is 0 Å². The van der Waals surface area contributed by atoms with E-state index in [0.29, 0.717) is 25.7 Å². The third-order valence-corrected chi connectivity index (χ3v) is 21.6. The first-order chi connectivity index (χ1) is 48.4. The molecule has 100 heavy (non-hydrogen) atoms. The smallest absolute Gasteiger partial charge is 0.462 e. The molecule has 0 spiro atoms. The minimum absolute atomic E-state index is 0.108. The molecule has 3 N–H and O–H groups in total. The quantitative estimate of drug-likeness (QED) is 0.0222. The van der Waals surface area contributed by atoms with Gasteiger partial charge in [-0.2, -0.15) is 0 Å². The zero-order valence-corrected chi connectivity index (χ0v) is 67.3. The van der Waals surface area contributed by atoms with Gasteiger partial charge in [0.05, 0.1) is 26.4 Å². The summed E-state index contributed by atoms with van der Waals surface area (Å²) in [6.07, 6.45) is 62.3. The highest BCUT2D eigenvalue weighted by Gasteiger charge is 2.30. The van der Waals surface area contributed by atoms with Gasteiger partial charge in [0, 0.05) is 25.7 Å². The number of unbranched alkanes of at least 4 members (excludes halogenated alkanes) is 48. The molecule has 594 valence electrons. The predicted molar refractivity (Wildman–Crippen MR) is 409 cm³/mol. The van der Waals surface area contributed by atoms with Crippen molar-refractivity contribution in [2.75, 3.05) is 39.6 Å². The number of esters is 4. The molecule has 0 heterocycles. The van der Waals surface area contributed by atoms with Crippen molar-refractivity contribution in [2.24, 2.45) is 11.8 Å². The number of phosphoric ester groups is 2. The fraction of sp³-hybridized carbons (Fsp3) is 0.951. The van der Waals surface area contributed by atoms with E-state index >= 15 is 0 Å². The Hall–Kier alpha value is -1.94. The minimum Gasteiger partial charge on any atom is -0.462 e. The van der Waals surface area contributed by atoms with Crippen molar-refractivity contribution in [3.05, 3.63) is 0 Å². The van der Waals surface area contributed by atoms with Crippen molar-refractivity contribution in [1.29, 1.82) is 0 Å². The first-order valence-corrected chi connectivity index (χ1v) is 45.1. The maximum atomic E-state index is 13.1. The number of ether oxygens (including phenoxy) is 4. The second kappa shape index (κ2) is 72.6. The van der Waals surface area contributed by atoms with Crippen LogP contribution in [0.5, 0.6) is 0 Å². The van der Waals surface area contributed by atoms with E-state index in [1.807, 2.05) is 0 Å². The standard InChI is InChI=1S/C81H158O17P2/c1-7-11-13-15-17-19-21-22-30-33-41-47-53-59-65-80(85)97-76(69-91-78(83)63-57-51-45-39-20-18-16-14-12-8-2)71-95-99(87,88)93-67-75(82)68-94-100(89,90)96-72-77(70-92-79(84)64-58-52-46-40-36-35-38-44-50-56-62-74(6)10-4)98-81(86)66-60-54-48-42-34-31-28-26-24-23-25-27-29-32-37-43-49-55-61-73(5)9-3/h73-77,82H,7-72H2,1-6H3,(H,87,88)(H,89,90)/t73?,74?,75-,76+,77+/m0/s1. The van der Waals surface area contributed by atoms with Crippen LogP contribution in [0.15, 0.2) is 0 Å². The molecule has 0 aromatic heterocycles. The van der Waals surface area contributed by atoms with Gasteiger partial charge in [-0.25, -0.2) is 9.13 Å². The van der Waals surface area contributed by atoms with Crippen molar-refractivity contribution >= 4 is 39.5 Å². The minimum atomic E-state index is -4.96. The van der Waals surface area contributed by atoms with E-state index in [4.69, 9.17) is 37.0 Å². The summed E-state index contributed by atoms with van der Waals surface area (Å²) in [4.78, 5) is 73.0. The van der Waals surface area contributed by atoms with Gasteiger partial charge in [-0.05, 0) is 37.5 Å². The predicted octanol–water partition coefficient (Wildman–Crippen LogP) is 24.3. The molecule has 4 unspecified atom stereocenters. The fourth-order valence-electron chi connectivity index (χ4n) is 12.5. The monoisotopic (exact) mass is 1470 g/mol. The Labute approximate surface area is 613 Å². The van der Waals surface area contributed by atoms with Crippen molar-refractivity contribution in [2.45, 2.75) is 445 Å². The molecule has 7 atom stereocenters. The second-order valence-electron chi connectivity index (χ2n) is 29.6. The highest BCUT2D eigenvalue weighted by Crippen LogP contribution is 2.45. The summed E-state index contributed by atoms with van der Waals surface area (Å²) in [6, 6.07) is 0. The van der Waals surface area contributed by atoms with E-state index in [0.717, 1.165) is 102 Å². The summed E-state index contributed by atoms with van der Waals surface area (Å²) in [5.41, 5.74) is 0. The molecular formula is C81H158O17P2. The number of hydrogen-bond acceptors (Lipinski definition) is 15. The summed E-state index contributed by atoms with van der Waals surface area (Å²) in [6.45, 7) is 9.72. The lowest BCUT2D eigenvalue weighted by molar-refractivity contribution is -0.161. The SMILES string of the molecule is CCCCCCCCCCCCCCCCC(=O)O[C@H](COC(=O)CCCCCCCCCCCC)COP(=O)(O)OC[C@H](O)COP(=O)(O)OC[C@@H](COC(=O)CCCCCCCCCCCCC(C)CC)OC(=O)CCCCCCCCCCCCCCCCCCCCC(C)CC. The fourth-order valence-corrected chi connectivity index (χ4v) is 14.1. The number of carbonyl (C=O) groups excluding carboxylic acids is 4. The number of aliphatic hydroxyl groups is 1. The average molecular weight is 1470 g/mol. The van der Waals surface area contributed by atoms with Gasteiger partial charge in [0.1, 0.15) is 19.3 Å². The third kappa shape index (κ3) is 71.7. The van der Waals surface area contributed by atoms with Crippen LogP contribution in [0, 0.1) is 11.8 Å². The average Bonchev–Trinajstić information content (AvgIpc) is 0.986. The topological polar surface area (TPSA) is 237 Å². The van der Waals surface area contributed by atoms with Gasteiger partial charge in [-0.3, -0.25) is 37.3 Å². The highest BCUT2D eigenvalue weighted by atomic mass is 31.2. The summed E-state index contributed by atoms with van der Waals surface area (Å²) >= 11 is 0. The summed E-state index contributed by atoms with van der Waals surface area (Å²) < 4.78 is 68.7. The number of aliphatic hydroxyl groups excluding tert-OH is 1. The molecule has 0 saturated heterocycles. The maximum Gasteiger partial charge on any atom is 0.472 e. The van der Waals surface area contributed by atoms with Crippen LogP contribution in [-0.2, 0) is 65.4 Å². The maximum absolute atomic E-state index is 13.1. The largest absolute Gasteiger partial charge is 0.472 e. The lowest BCUT2D eigenvalue weighted by Gasteiger charge is -2.21. The van der Waals surface area contributed by atoms with Gasteiger partial charge in [-0.15, -0.1) is 0 Å². The van der Waals surface area contributed by atoms with E-state index in [1.54, 1.807) is 0 Å². The molecule has 0 aromatic carbocycles. The molecule has 0 saturated carbocycles. The molecule has 0 rings (SSSR count). The lowest BCUT2D eigenvalue weighted by atomic mass is 9.99. The Morgan fingerprint density at radius 2 is 0.480 bits per heavy atom. The Balaban J connectivity index is 5.21. The first-order valence-electron chi connectivity index (χ1n) is 42.1. The zero-order chi connectivity index (χ0) is 73.5. The molecule has 0 aliphatic carbocycles. The van der Waals surface area contributed by atoms with Crippen LogP contribution in [0.1, 0.15) is 427 Å². The van der Waals surface area contributed by atoms with Crippen LogP contribution >= 0.6 is 15.6 Å². The van der Waals surface area contributed by atoms with E-state index in [-0.39, 0.29) is 25.7 Å². The lowest BCUT2D eigenvalue weighted by Crippen LogP contribution is -2.30. The molecule has 19 heteroatoms. The van der Waals surface area contributed by atoms with E-state index in [1.165, 1.54) is 244 Å². The van der Waals surface area contributed by atoms with E-state index < -0.39 is 97.5 Å². The summed E-state index contributed by atoms with van der Waals surface area (Å²) in [5.74, 6) is -0.427. The highest BCUT2D eigenvalue weighted by molar-refractivity contribution is 7.47. The van der Waals surface area contributed by atoms with Gasteiger partial charge < -0.3 is 33.8 Å². The number of hydrogen-bond donors (Lipinski definition) is 3. The molecule has 0 aliphatic heterocycles. The number of carbonyl (C=O) groups is 4. The summed E-state index contributed by atoms with van der Waals surface area (Å²) in [5, 5.41) is 10.6. The van der Waals surface area contributed by atoms with Gasteiger partial charge in [-0.1, -0.05) is 375 Å². The number of phosphoric acid groups is 2. The van der Waals surface area contributed by atoms with Crippen LogP contribution in [0.2, 0.25) is 0 Å². The molecular weight excluding hydrogens is 1310 g/mol. The van der Waals surface area contributed by atoms with Crippen LogP contribution in [0.3, 0.4) is 0 Å². The van der Waals surface area contributed by atoms with Crippen molar-refractivity contribution in [3.8, 4) is 0 Å². The molecule has 0 aliphatic rings. The molecule has 0 radical (unpaired) electrons. The van der Waals surface area contributed by atoms with Crippen LogP contribution in [0.25, 0.3) is 0 Å². The van der Waals surface area contributed by atoms with Crippen molar-refractivity contribution in [3.63, 3.8) is 0 Å². The molecule has 0 aromatic rings. The van der Waals surface area contributed by atoms with E-state index in [9.17, 15) is 43.2 Å². The Kier molecular flexibility index (Phi) is 71.2. The molecule has 0 amide bonds. The van der Waals surface area contributed by atoms with Gasteiger partial charge >= 0.3 is 39.5 Å². The third-order valence-electron chi connectivity index (χ3n) is 19.7. The molecule has 0 fully saturated rings. The van der Waals surface area contributed by atoms with Crippen molar-refractivity contribution < 1.29 is 80.2 Å². The second-order valence-corrected chi connectivity index (χ2v) is 32.6. The van der Waals surface area contributed by atoms with Crippen molar-refractivity contribution in [1.82, 2.24) is 0 Å².